The lowest BCUT2D eigenvalue weighted by atomic mass is 9.96. The number of carbonyl (C=O) groups excluding carboxylic acids is 3. The summed E-state index contributed by atoms with van der Waals surface area (Å²) in [4.78, 5) is 37.9. The first-order chi connectivity index (χ1) is 10.3. The average molecular weight is 305 g/mol. The van der Waals surface area contributed by atoms with Gasteiger partial charge in [0.05, 0.1) is 12.7 Å². The van der Waals surface area contributed by atoms with Crippen molar-refractivity contribution in [2.75, 3.05) is 20.7 Å². The molecule has 0 aliphatic carbocycles. The normalized spacial score (nSPS) is 10.5. The molecule has 0 aromatic heterocycles. The number of hydrogen-bond acceptors (Lipinski definition) is 4. The van der Waals surface area contributed by atoms with Crippen LogP contribution >= 0.6 is 0 Å². The number of esters is 1. The molecule has 0 radical (unpaired) electrons. The summed E-state index contributed by atoms with van der Waals surface area (Å²) in [5, 5.41) is 0. The van der Waals surface area contributed by atoms with Crippen LogP contribution in [0.3, 0.4) is 0 Å². The molecule has 0 atom stereocenters. The minimum Gasteiger partial charge on any atom is -0.465 e. The average Bonchev–Trinajstić information content (AvgIpc) is 2.52. The maximum absolute atomic E-state index is 12.4. The Balaban J connectivity index is 3.32. The van der Waals surface area contributed by atoms with E-state index in [1.54, 1.807) is 31.9 Å². The maximum Gasteiger partial charge on any atom is 0.337 e. The van der Waals surface area contributed by atoms with Gasteiger partial charge >= 0.3 is 5.97 Å². The summed E-state index contributed by atoms with van der Waals surface area (Å²) in [6, 6.07) is 4.49. The van der Waals surface area contributed by atoms with Crippen LogP contribution in [0.15, 0.2) is 18.2 Å². The molecule has 0 spiro atoms. The molecule has 1 aromatic carbocycles. The molecule has 0 fully saturated rings. The highest BCUT2D eigenvalue weighted by Gasteiger charge is 2.19. The SMILES string of the molecule is CCCN(C)C(=O)c1cc(C(=O)OC)cc(C(=O)C(C)C)c1. The molecule has 0 heterocycles. The Hall–Kier alpha value is -2.17. The molecule has 1 rings (SSSR count). The van der Waals surface area contributed by atoms with Crippen molar-refractivity contribution in [3.63, 3.8) is 0 Å². The van der Waals surface area contributed by atoms with Gasteiger partial charge in [-0.05, 0) is 24.6 Å². The molecule has 0 saturated heterocycles. The maximum atomic E-state index is 12.4. The van der Waals surface area contributed by atoms with Gasteiger partial charge in [0.25, 0.3) is 5.91 Å². The van der Waals surface area contributed by atoms with Crippen LogP contribution in [0.5, 0.6) is 0 Å². The Morgan fingerprint density at radius 3 is 2.14 bits per heavy atom. The van der Waals surface area contributed by atoms with Crippen LogP contribution in [0.1, 0.15) is 58.3 Å². The summed E-state index contributed by atoms with van der Waals surface area (Å²) >= 11 is 0. The summed E-state index contributed by atoms with van der Waals surface area (Å²) in [7, 11) is 2.96. The van der Waals surface area contributed by atoms with E-state index < -0.39 is 5.97 Å². The number of nitrogens with zero attached hydrogens (tertiary/aromatic N) is 1. The summed E-state index contributed by atoms with van der Waals surface area (Å²) in [5.41, 5.74) is 0.885. The van der Waals surface area contributed by atoms with Gasteiger partial charge in [-0.1, -0.05) is 20.8 Å². The fraction of sp³-hybridized carbons (Fsp3) is 0.471. The van der Waals surface area contributed by atoms with E-state index in [0.29, 0.717) is 17.7 Å². The first-order valence-corrected chi connectivity index (χ1v) is 7.34. The fourth-order valence-corrected chi connectivity index (χ4v) is 2.12. The van der Waals surface area contributed by atoms with E-state index in [9.17, 15) is 14.4 Å². The second kappa shape index (κ2) is 7.73. The third-order valence-electron chi connectivity index (χ3n) is 3.32. The molecular weight excluding hydrogens is 282 g/mol. The molecular formula is C17H23NO4. The molecule has 22 heavy (non-hydrogen) atoms. The standard InChI is InChI=1S/C17H23NO4/c1-6-7-18(4)16(20)13-8-12(15(19)11(2)3)9-14(10-13)17(21)22-5/h8-11H,6-7H2,1-5H3. The quantitative estimate of drug-likeness (QED) is 0.599. The van der Waals surface area contributed by atoms with Gasteiger partial charge in [-0.3, -0.25) is 9.59 Å². The van der Waals surface area contributed by atoms with Crippen molar-refractivity contribution in [1.82, 2.24) is 4.90 Å². The topological polar surface area (TPSA) is 63.7 Å². The van der Waals surface area contributed by atoms with Crippen LogP contribution in [0.25, 0.3) is 0 Å². The van der Waals surface area contributed by atoms with E-state index in [1.165, 1.54) is 19.2 Å². The van der Waals surface area contributed by atoms with Crippen molar-refractivity contribution >= 4 is 17.7 Å². The first-order valence-electron chi connectivity index (χ1n) is 7.34. The number of methoxy groups -OCH3 is 1. The number of benzene rings is 1. The van der Waals surface area contributed by atoms with Crippen molar-refractivity contribution in [1.29, 1.82) is 0 Å². The number of ketones is 1. The van der Waals surface area contributed by atoms with Crippen LogP contribution in [0.2, 0.25) is 0 Å². The Bertz CT molecular complexity index is 578. The smallest absolute Gasteiger partial charge is 0.337 e. The lowest BCUT2D eigenvalue weighted by Crippen LogP contribution is -2.28. The molecule has 0 aliphatic rings. The van der Waals surface area contributed by atoms with Crippen molar-refractivity contribution in [2.45, 2.75) is 27.2 Å². The second-order valence-electron chi connectivity index (χ2n) is 5.54. The van der Waals surface area contributed by atoms with Gasteiger partial charge in [0.15, 0.2) is 5.78 Å². The lowest BCUT2D eigenvalue weighted by Gasteiger charge is -2.17. The lowest BCUT2D eigenvalue weighted by molar-refractivity contribution is 0.0600. The third kappa shape index (κ3) is 4.16. The Kier molecular flexibility index (Phi) is 6.28. The van der Waals surface area contributed by atoms with Gasteiger partial charge in [0, 0.05) is 30.6 Å². The minimum atomic E-state index is -0.564. The van der Waals surface area contributed by atoms with Crippen molar-refractivity contribution in [3.8, 4) is 0 Å². The number of amides is 1. The Morgan fingerprint density at radius 1 is 1.09 bits per heavy atom. The van der Waals surface area contributed by atoms with Gasteiger partial charge in [0.2, 0.25) is 0 Å². The highest BCUT2D eigenvalue weighted by molar-refractivity contribution is 6.04. The number of carbonyl (C=O) groups is 3. The van der Waals surface area contributed by atoms with E-state index in [0.717, 1.165) is 6.42 Å². The molecule has 120 valence electrons. The summed E-state index contributed by atoms with van der Waals surface area (Å²) in [6.45, 7) is 6.13. The third-order valence-corrected chi connectivity index (χ3v) is 3.32. The van der Waals surface area contributed by atoms with Crippen LogP contribution in [0, 0.1) is 5.92 Å². The van der Waals surface area contributed by atoms with Gasteiger partial charge < -0.3 is 9.64 Å². The summed E-state index contributed by atoms with van der Waals surface area (Å²) < 4.78 is 4.70. The zero-order chi connectivity index (χ0) is 16.9. The predicted molar refractivity (Wildman–Crippen MR) is 84.2 cm³/mol. The zero-order valence-corrected chi connectivity index (χ0v) is 13.8. The monoisotopic (exact) mass is 305 g/mol. The van der Waals surface area contributed by atoms with E-state index in [1.807, 2.05) is 6.92 Å². The second-order valence-corrected chi connectivity index (χ2v) is 5.54. The number of ether oxygens (including phenoxy) is 1. The van der Waals surface area contributed by atoms with E-state index in [-0.39, 0.29) is 23.2 Å². The molecule has 0 unspecified atom stereocenters. The zero-order valence-electron chi connectivity index (χ0n) is 13.8. The van der Waals surface area contributed by atoms with Crippen molar-refractivity contribution < 1.29 is 19.1 Å². The van der Waals surface area contributed by atoms with E-state index >= 15 is 0 Å². The van der Waals surface area contributed by atoms with Crippen molar-refractivity contribution in [3.05, 3.63) is 34.9 Å². The predicted octanol–water partition coefficient (Wildman–Crippen LogP) is 2.79. The number of hydrogen-bond donors (Lipinski definition) is 0. The van der Waals surface area contributed by atoms with Gasteiger partial charge in [-0.15, -0.1) is 0 Å². The van der Waals surface area contributed by atoms with Crippen LogP contribution < -0.4 is 0 Å². The molecule has 5 nitrogen and oxygen atoms in total. The van der Waals surface area contributed by atoms with E-state index in [2.05, 4.69) is 0 Å². The highest BCUT2D eigenvalue weighted by Crippen LogP contribution is 2.17. The van der Waals surface area contributed by atoms with Gasteiger partial charge in [-0.2, -0.15) is 0 Å². The van der Waals surface area contributed by atoms with Gasteiger partial charge in [-0.25, -0.2) is 4.79 Å². The number of Topliss-reactive ketones (excluding diaryl/α,β-unsaturated/α-hetero) is 1. The molecule has 1 amide bonds. The van der Waals surface area contributed by atoms with E-state index in [4.69, 9.17) is 4.74 Å². The fourth-order valence-electron chi connectivity index (χ4n) is 2.12. The number of rotatable bonds is 6. The molecule has 0 saturated carbocycles. The minimum absolute atomic E-state index is 0.113. The molecule has 0 bridgehead atoms. The summed E-state index contributed by atoms with van der Waals surface area (Å²) in [5.74, 6) is -1.11. The first kappa shape index (κ1) is 17.9. The van der Waals surface area contributed by atoms with Crippen LogP contribution in [-0.2, 0) is 4.74 Å². The molecule has 1 aromatic rings. The molecule has 0 N–H and O–H groups in total. The Labute approximate surface area is 131 Å². The molecule has 5 heteroatoms. The van der Waals surface area contributed by atoms with Crippen molar-refractivity contribution in [2.24, 2.45) is 5.92 Å². The summed E-state index contributed by atoms with van der Waals surface area (Å²) in [6.07, 6.45) is 0.830. The van der Waals surface area contributed by atoms with Crippen LogP contribution in [-0.4, -0.2) is 43.3 Å². The largest absolute Gasteiger partial charge is 0.465 e. The van der Waals surface area contributed by atoms with Crippen LogP contribution in [0.4, 0.5) is 0 Å². The molecule has 0 aliphatic heterocycles. The van der Waals surface area contributed by atoms with Gasteiger partial charge in [0.1, 0.15) is 0 Å². The Morgan fingerprint density at radius 2 is 1.64 bits per heavy atom. The highest BCUT2D eigenvalue weighted by atomic mass is 16.5.